The number of rotatable bonds is 4. The average Bonchev–Trinajstić information content (AvgIpc) is 2.08. The quantitative estimate of drug-likeness (QED) is 0.841. The van der Waals surface area contributed by atoms with Gasteiger partial charge < -0.3 is 5.73 Å². The molecule has 1 nitrogen and oxygen atoms in total. The van der Waals surface area contributed by atoms with Crippen LogP contribution in [0.4, 0.5) is 0 Å². The van der Waals surface area contributed by atoms with Crippen LogP contribution in [-0.4, -0.2) is 11.8 Å². The number of hydrogen-bond acceptors (Lipinski definition) is 2. The van der Waals surface area contributed by atoms with Gasteiger partial charge in [0.05, 0.1) is 0 Å². The van der Waals surface area contributed by atoms with Crippen LogP contribution < -0.4 is 5.73 Å². The van der Waals surface area contributed by atoms with Gasteiger partial charge in [-0.3, -0.25) is 0 Å². The topological polar surface area (TPSA) is 26.0 Å². The van der Waals surface area contributed by atoms with Gasteiger partial charge in [-0.05, 0) is 43.4 Å². The number of nitrogens with two attached hydrogens (primary N) is 1. The monoisotopic (exact) mass is 259 g/mol. The van der Waals surface area contributed by atoms with E-state index >= 15 is 0 Å². The van der Waals surface area contributed by atoms with Gasteiger partial charge in [0.25, 0.3) is 0 Å². The Bertz CT molecular complexity index is 246. The number of hydrogen-bond donors (Lipinski definition) is 1. The number of benzene rings is 1. The van der Waals surface area contributed by atoms with Crippen LogP contribution in [0, 0.1) is 0 Å². The van der Waals surface area contributed by atoms with Gasteiger partial charge in [0, 0.05) is 15.4 Å². The van der Waals surface area contributed by atoms with Gasteiger partial charge in [0.2, 0.25) is 0 Å². The van der Waals surface area contributed by atoms with E-state index in [4.69, 9.17) is 5.73 Å². The van der Waals surface area contributed by atoms with Crippen molar-refractivity contribution in [3.05, 3.63) is 28.7 Å². The summed E-state index contributed by atoms with van der Waals surface area (Å²) in [6.45, 7) is 2.04. The molecule has 13 heavy (non-hydrogen) atoms. The number of thioether (sulfide) groups is 1. The molecule has 0 aliphatic heterocycles. The highest BCUT2D eigenvalue weighted by atomic mass is 79.9. The van der Waals surface area contributed by atoms with E-state index in [1.807, 2.05) is 18.7 Å². The summed E-state index contributed by atoms with van der Waals surface area (Å²) in [7, 11) is 0. The molecule has 0 bridgehead atoms. The van der Waals surface area contributed by atoms with Crippen molar-refractivity contribution in [2.45, 2.75) is 24.3 Å². The molecule has 0 amide bonds. The fourth-order valence-corrected chi connectivity index (χ4v) is 2.21. The molecule has 0 aliphatic rings. The third kappa shape index (κ3) is 4.69. The molecule has 1 atom stereocenters. The SMILES string of the molecule is CC(N)CCSc1ccc(Br)cc1. The van der Waals surface area contributed by atoms with E-state index < -0.39 is 0 Å². The predicted molar refractivity (Wildman–Crippen MR) is 63.1 cm³/mol. The normalized spacial score (nSPS) is 12.8. The van der Waals surface area contributed by atoms with E-state index in [1.165, 1.54) is 4.90 Å². The lowest BCUT2D eigenvalue weighted by molar-refractivity contribution is 0.721. The average molecular weight is 260 g/mol. The van der Waals surface area contributed by atoms with Crippen LogP contribution >= 0.6 is 27.7 Å². The Morgan fingerprint density at radius 3 is 2.54 bits per heavy atom. The molecular formula is C10H14BrNS. The van der Waals surface area contributed by atoms with E-state index in [0.717, 1.165) is 16.6 Å². The van der Waals surface area contributed by atoms with Crippen LogP contribution in [-0.2, 0) is 0 Å². The Labute approximate surface area is 92.2 Å². The van der Waals surface area contributed by atoms with Gasteiger partial charge in [-0.2, -0.15) is 0 Å². The van der Waals surface area contributed by atoms with Crippen LogP contribution in [0.1, 0.15) is 13.3 Å². The second kappa shape index (κ2) is 5.68. The molecule has 0 fully saturated rings. The Hall–Kier alpha value is 0.01000. The summed E-state index contributed by atoms with van der Waals surface area (Å²) in [5.74, 6) is 1.10. The van der Waals surface area contributed by atoms with Crippen molar-refractivity contribution in [3.63, 3.8) is 0 Å². The molecule has 0 spiro atoms. The van der Waals surface area contributed by atoms with Gasteiger partial charge in [0.1, 0.15) is 0 Å². The van der Waals surface area contributed by atoms with Crippen LogP contribution in [0.5, 0.6) is 0 Å². The van der Waals surface area contributed by atoms with E-state index in [9.17, 15) is 0 Å². The zero-order valence-electron chi connectivity index (χ0n) is 7.66. The van der Waals surface area contributed by atoms with Crippen molar-refractivity contribution in [1.82, 2.24) is 0 Å². The van der Waals surface area contributed by atoms with Crippen molar-refractivity contribution in [2.24, 2.45) is 5.73 Å². The molecule has 0 saturated carbocycles. The van der Waals surface area contributed by atoms with E-state index in [0.29, 0.717) is 6.04 Å². The Morgan fingerprint density at radius 1 is 1.38 bits per heavy atom. The van der Waals surface area contributed by atoms with Gasteiger partial charge in [-0.25, -0.2) is 0 Å². The molecular weight excluding hydrogens is 246 g/mol. The van der Waals surface area contributed by atoms with E-state index in [2.05, 4.69) is 40.2 Å². The summed E-state index contributed by atoms with van der Waals surface area (Å²) >= 11 is 5.26. The van der Waals surface area contributed by atoms with Crippen LogP contribution in [0.3, 0.4) is 0 Å². The maximum atomic E-state index is 5.66. The van der Waals surface area contributed by atoms with Gasteiger partial charge in [-0.1, -0.05) is 15.9 Å². The third-order valence-electron chi connectivity index (χ3n) is 1.66. The zero-order chi connectivity index (χ0) is 9.68. The molecule has 2 N–H and O–H groups in total. The molecule has 0 aromatic heterocycles. The van der Waals surface area contributed by atoms with Gasteiger partial charge >= 0.3 is 0 Å². The molecule has 1 unspecified atom stereocenters. The largest absolute Gasteiger partial charge is 0.328 e. The van der Waals surface area contributed by atoms with Crippen LogP contribution in [0.15, 0.2) is 33.6 Å². The molecule has 1 rings (SSSR count). The maximum Gasteiger partial charge on any atom is 0.0176 e. The minimum Gasteiger partial charge on any atom is -0.328 e. The molecule has 0 radical (unpaired) electrons. The Balaban J connectivity index is 2.33. The van der Waals surface area contributed by atoms with Crippen molar-refractivity contribution >= 4 is 27.7 Å². The van der Waals surface area contributed by atoms with Gasteiger partial charge in [0.15, 0.2) is 0 Å². The first-order valence-electron chi connectivity index (χ1n) is 4.32. The first-order chi connectivity index (χ1) is 6.18. The Kier molecular flexibility index (Phi) is 4.84. The highest BCUT2D eigenvalue weighted by Crippen LogP contribution is 2.21. The van der Waals surface area contributed by atoms with Crippen LogP contribution in [0.2, 0.25) is 0 Å². The molecule has 1 aromatic rings. The first kappa shape index (κ1) is 11.1. The van der Waals surface area contributed by atoms with E-state index in [-0.39, 0.29) is 0 Å². The fraction of sp³-hybridized carbons (Fsp3) is 0.400. The summed E-state index contributed by atoms with van der Waals surface area (Å²) < 4.78 is 1.13. The maximum absolute atomic E-state index is 5.66. The van der Waals surface area contributed by atoms with Gasteiger partial charge in [-0.15, -0.1) is 11.8 Å². The smallest absolute Gasteiger partial charge is 0.0176 e. The highest BCUT2D eigenvalue weighted by molar-refractivity contribution is 9.10. The third-order valence-corrected chi connectivity index (χ3v) is 3.23. The molecule has 3 heteroatoms. The molecule has 0 heterocycles. The Morgan fingerprint density at radius 2 is 2.00 bits per heavy atom. The summed E-state index contributed by atoms with van der Waals surface area (Å²) in [5.41, 5.74) is 5.66. The second-order valence-corrected chi connectivity index (χ2v) is 5.15. The fourth-order valence-electron chi connectivity index (χ4n) is 0.893. The molecule has 0 saturated heterocycles. The molecule has 72 valence electrons. The van der Waals surface area contributed by atoms with Crippen molar-refractivity contribution in [2.75, 3.05) is 5.75 Å². The second-order valence-electron chi connectivity index (χ2n) is 3.07. The van der Waals surface area contributed by atoms with Crippen LogP contribution in [0.25, 0.3) is 0 Å². The summed E-state index contributed by atoms with van der Waals surface area (Å²) in [5, 5.41) is 0. The summed E-state index contributed by atoms with van der Waals surface area (Å²) in [4.78, 5) is 1.31. The lowest BCUT2D eigenvalue weighted by Gasteiger charge is -2.04. The molecule has 1 aromatic carbocycles. The van der Waals surface area contributed by atoms with E-state index in [1.54, 1.807) is 0 Å². The lowest BCUT2D eigenvalue weighted by Crippen LogP contribution is -2.15. The predicted octanol–water partition coefficient (Wildman–Crippen LogP) is 3.28. The standard InChI is InChI=1S/C10H14BrNS/c1-8(12)6-7-13-10-4-2-9(11)3-5-10/h2-5,8H,6-7,12H2,1H3. The lowest BCUT2D eigenvalue weighted by atomic mass is 10.3. The van der Waals surface area contributed by atoms with Crippen molar-refractivity contribution in [3.8, 4) is 0 Å². The minimum absolute atomic E-state index is 0.308. The van der Waals surface area contributed by atoms with Crippen molar-refractivity contribution < 1.29 is 0 Å². The number of halogens is 1. The summed E-state index contributed by atoms with van der Waals surface area (Å²) in [6.07, 6.45) is 1.07. The first-order valence-corrected chi connectivity index (χ1v) is 6.10. The molecule has 0 aliphatic carbocycles. The minimum atomic E-state index is 0.308. The zero-order valence-corrected chi connectivity index (χ0v) is 10.1. The highest BCUT2D eigenvalue weighted by Gasteiger charge is 1.96. The summed E-state index contributed by atoms with van der Waals surface area (Å²) in [6, 6.07) is 8.68. The van der Waals surface area contributed by atoms with Crippen molar-refractivity contribution in [1.29, 1.82) is 0 Å².